The molecule has 0 saturated heterocycles. The van der Waals surface area contributed by atoms with Gasteiger partial charge in [-0.3, -0.25) is 0 Å². The van der Waals surface area contributed by atoms with Crippen molar-refractivity contribution in [2.24, 2.45) is 0 Å². The van der Waals surface area contributed by atoms with Gasteiger partial charge < -0.3 is 22.7 Å². The molecule has 0 saturated carbocycles. The molecule has 5 nitrogen and oxygen atoms in total. The monoisotopic (exact) mass is 1530 g/mol. The smallest absolute Gasteiger partial charge is 0.143 e. The van der Waals surface area contributed by atoms with Crippen molar-refractivity contribution in [1.29, 1.82) is 0 Å². The molecule has 0 aliphatic carbocycles. The molecule has 8 heterocycles. The van der Waals surface area contributed by atoms with E-state index in [9.17, 15) is 0 Å². The fourth-order valence-corrected chi connectivity index (χ4v) is 23.1. The molecule has 0 bridgehead atoms. The Morgan fingerprint density at radius 1 is 0.172 bits per heavy atom. The van der Waals surface area contributed by atoms with Gasteiger partial charge in [0.05, 0.1) is 44.1 Å². The van der Waals surface area contributed by atoms with Gasteiger partial charge in [0.25, 0.3) is 0 Å². The summed E-state index contributed by atoms with van der Waals surface area (Å²) in [7, 11) is 0. The van der Waals surface area contributed by atoms with Gasteiger partial charge in [-0.05, 0) is 144 Å². The van der Waals surface area contributed by atoms with Crippen molar-refractivity contribution in [2.45, 2.75) is 0 Å². The van der Waals surface area contributed by atoms with Crippen LogP contribution in [0, 0.1) is 0 Å². The minimum absolute atomic E-state index is 0.908. The van der Waals surface area contributed by atoms with Gasteiger partial charge in [-0.15, -0.1) is 34.0 Å². The first-order chi connectivity index (χ1) is 57.6. The minimum Gasteiger partial charge on any atom is -0.455 e. The fourth-order valence-electron chi connectivity index (χ4n) is 19.4. The van der Waals surface area contributed by atoms with Gasteiger partial charge in [0.15, 0.2) is 0 Å². The van der Waals surface area contributed by atoms with Crippen molar-refractivity contribution in [3.63, 3.8) is 0 Å². The normalized spacial score (nSPS) is 12.1. The van der Waals surface area contributed by atoms with E-state index in [1.165, 1.54) is 198 Å². The Morgan fingerprint density at radius 3 is 0.879 bits per heavy atom. The zero-order valence-electron chi connectivity index (χ0n) is 62.4. The second-order valence-corrected chi connectivity index (χ2v) is 33.5. The van der Waals surface area contributed by atoms with Crippen LogP contribution in [0.1, 0.15) is 0 Å². The molecule has 0 spiro atoms. The highest BCUT2D eigenvalue weighted by Gasteiger charge is 2.27. The third kappa shape index (κ3) is 9.60. The molecule has 0 radical (unpaired) electrons. The van der Waals surface area contributed by atoms with E-state index in [0.29, 0.717) is 0 Å². The SMILES string of the molecule is c1ccc(-n2c3ccccc3c3c(-c4cccc5c4c4ccccc4n5-c4cc(-c5cccc6c5oc5ccccc56)c5sc6ccccc6c5c4)cccc32)cc1.c1ccc(-n2c3ccccc3c3c(-c4cccc5c4c4ccccc4n5-c4cc(-c5cccc6c5sc5ccccc56)c5sc6ccccc6c5c4)cccc32)cc1. The van der Waals surface area contributed by atoms with Crippen LogP contribution in [-0.4, -0.2) is 18.3 Å². The third-order valence-corrected chi connectivity index (χ3v) is 27.9. The molecule has 0 aliphatic rings. The number of aromatic nitrogens is 4. The van der Waals surface area contributed by atoms with Crippen LogP contribution in [0.25, 0.3) is 237 Å². The maximum absolute atomic E-state index is 6.69. The number of hydrogen-bond donors (Lipinski definition) is 0. The second-order valence-electron chi connectivity index (χ2n) is 30.4. The molecule has 0 aliphatic heterocycles. The van der Waals surface area contributed by atoms with Crippen LogP contribution in [0.2, 0.25) is 0 Å². The number of fused-ring (bicyclic) bond motifs is 24. The Hall–Kier alpha value is -14.4. The number of rotatable bonds is 8. The maximum atomic E-state index is 6.69. The topological polar surface area (TPSA) is 32.9 Å². The van der Waals surface area contributed by atoms with Crippen molar-refractivity contribution < 1.29 is 4.42 Å². The summed E-state index contributed by atoms with van der Waals surface area (Å²) in [6, 6.07) is 142. The molecule has 0 amide bonds. The Labute approximate surface area is 676 Å². The number of hydrogen-bond acceptors (Lipinski definition) is 4. The van der Waals surface area contributed by atoms with Crippen LogP contribution in [0.15, 0.2) is 393 Å². The first-order valence-electron chi connectivity index (χ1n) is 39.5. The summed E-state index contributed by atoms with van der Waals surface area (Å²) in [6.45, 7) is 0. The van der Waals surface area contributed by atoms with Crippen LogP contribution in [0.3, 0.4) is 0 Å². The van der Waals surface area contributed by atoms with E-state index < -0.39 is 0 Å². The Morgan fingerprint density at radius 2 is 0.457 bits per heavy atom. The van der Waals surface area contributed by atoms with Crippen molar-refractivity contribution in [3.05, 3.63) is 388 Å². The average Bonchev–Trinajstić information content (AvgIpc) is 1.56. The largest absolute Gasteiger partial charge is 0.455 e. The van der Waals surface area contributed by atoms with E-state index in [0.717, 1.165) is 38.9 Å². The number of nitrogens with zero attached hydrogens (tertiary/aromatic N) is 4. The van der Waals surface area contributed by atoms with E-state index in [4.69, 9.17) is 4.42 Å². The lowest BCUT2D eigenvalue weighted by Gasteiger charge is -2.13. The molecule has 26 aromatic rings. The molecule has 8 aromatic heterocycles. The summed E-state index contributed by atoms with van der Waals surface area (Å²) >= 11 is 5.67. The minimum atomic E-state index is 0.908. The van der Waals surface area contributed by atoms with Crippen LogP contribution >= 0.6 is 34.0 Å². The van der Waals surface area contributed by atoms with Gasteiger partial charge in [-0.25, -0.2) is 0 Å². The number of benzene rings is 18. The van der Waals surface area contributed by atoms with E-state index in [1.54, 1.807) is 0 Å². The number of furan rings is 1. The van der Waals surface area contributed by atoms with Gasteiger partial charge in [-0.2, -0.15) is 0 Å². The van der Waals surface area contributed by atoms with Crippen LogP contribution in [0.5, 0.6) is 0 Å². The Bertz CT molecular complexity index is 8110. The van der Waals surface area contributed by atoms with E-state index in [2.05, 4.69) is 400 Å². The summed E-state index contributed by atoms with van der Waals surface area (Å²) in [4.78, 5) is 0. The van der Waals surface area contributed by atoms with Crippen LogP contribution in [-0.2, 0) is 0 Å². The predicted octanol–water partition coefficient (Wildman–Crippen LogP) is 31.4. The molecule has 0 unspecified atom stereocenters. The third-order valence-electron chi connectivity index (χ3n) is 24.2. The highest BCUT2D eigenvalue weighted by Crippen LogP contribution is 2.52. The highest BCUT2D eigenvalue weighted by molar-refractivity contribution is 7.27. The molecule has 0 atom stereocenters. The predicted molar refractivity (Wildman–Crippen MR) is 498 cm³/mol. The first-order valence-corrected chi connectivity index (χ1v) is 42.0. The highest BCUT2D eigenvalue weighted by atomic mass is 32.1. The van der Waals surface area contributed by atoms with Gasteiger partial charge >= 0.3 is 0 Å². The lowest BCUT2D eigenvalue weighted by atomic mass is 9.95. The summed E-state index contributed by atoms with van der Waals surface area (Å²) in [5.41, 5.74) is 25.8. The zero-order chi connectivity index (χ0) is 75.8. The molecule has 116 heavy (non-hydrogen) atoms. The van der Waals surface area contributed by atoms with Gasteiger partial charge in [0, 0.05) is 159 Å². The summed E-state index contributed by atoms with van der Waals surface area (Å²) < 4.78 is 24.4. The quantitative estimate of drug-likeness (QED) is 0.149. The van der Waals surface area contributed by atoms with Gasteiger partial charge in [-0.1, -0.05) is 267 Å². The molecule has 0 fully saturated rings. The van der Waals surface area contributed by atoms with Gasteiger partial charge in [0.1, 0.15) is 11.2 Å². The molecular formula is C108H64N4OS3. The molecule has 0 N–H and O–H groups in total. The standard InChI is InChI=1S/C54H32N2OS.C54H32N2S2/c2*1-2-15-33(16-3-1)55-45-25-8-4-19-41(45)51-37(21-13-27-47(51)55)38-22-14-28-48-52(38)42-20-5-9-26-46(42)56(48)34-31-43-36-18-7-11-30-50(36)58-54(43)44(32-34)40-24-12-23-39-35-17-6-10-29-49(35)57-53(39)40/h2*1-32H. The fraction of sp³-hybridized carbons (Fsp3) is 0. The van der Waals surface area contributed by atoms with Gasteiger partial charge in [0.2, 0.25) is 0 Å². The lowest BCUT2D eigenvalue weighted by molar-refractivity contribution is 0.670. The van der Waals surface area contributed by atoms with Crippen molar-refractivity contribution in [2.75, 3.05) is 0 Å². The van der Waals surface area contributed by atoms with E-state index in [-0.39, 0.29) is 0 Å². The lowest BCUT2D eigenvalue weighted by Crippen LogP contribution is -1.95. The molecule has 26 rings (SSSR count). The van der Waals surface area contributed by atoms with Crippen LogP contribution in [0.4, 0.5) is 0 Å². The summed E-state index contributed by atoms with van der Waals surface area (Å²) in [6.07, 6.45) is 0. The van der Waals surface area contributed by atoms with E-state index >= 15 is 0 Å². The average molecular weight is 1530 g/mol. The Kier molecular flexibility index (Phi) is 14.4. The first kappa shape index (κ1) is 65.2. The number of thiophene rings is 3. The second kappa shape index (κ2) is 25.6. The zero-order valence-corrected chi connectivity index (χ0v) is 64.8. The Balaban J connectivity index is 0.000000130. The summed E-state index contributed by atoms with van der Waals surface area (Å²) in [5.74, 6) is 0. The molecule has 18 aromatic carbocycles. The molecule has 8 heteroatoms. The van der Waals surface area contributed by atoms with E-state index in [1.807, 2.05) is 40.1 Å². The molecular weight excluding hydrogens is 1470 g/mol. The maximum Gasteiger partial charge on any atom is 0.143 e. The van der Waals surface area contributed by atoms with Crippen LogP contribution < -0.4 is 0 Å². The summed E-state index contributed by atoms with van der Waals surface area (Å²) in [5, 5.41) is 20.1. The van der Waals surface area contributed by atoms with Crippen molar-refractivity contribution in [3.8, 4) is 67.3 Å². The van der Waals surface area contributed by atoms with Crippen molar-refractivity contribution in [1.82, 2.24) is 18.3 Å². The van der Waals surface area contributed by atoms with Crippen molar-refractivity contribution >= 4 is 204 Å². The number of para-hydroxylation sites is 8. The molecule has 540 valence electrons.